The molecule has 168 valence electrons. The van der Waals surface area contributed by atoms with Crippen LogP contribution < -0.4 is 24.4 Å². The smallest absolute Gasteiger partial charge is 0.194 e. The summed E-state index contributed by atoms with van der Waals surface area (Å²) >= 11 is 0. The lowest BCUT2D eigenvalue weighted by atomic mass is 10.1. The summed E-state index contributed by atoms with van der Waals surface area (Å²) in [5.41, 5.74) is 1.79. The van der Waals surface area contributed by atoms with E-state index in [-0.39, 0.29) is 0 Å². The van der Waals surface area contributed by atoms with Gasteiger partial charge in [0.05, 0.1) is 33.6 Å². The monoisotopic (exact) mass is 428 g/mol. The molecule has 0 atom stereocenters. The number of phenols is 1. The summed E-state index contributed by atoms with van der Waals surface area (Å²) in [6.45, 7) is 6.52. The van der Waals surface area contributed by atoms with Gasteiger partial charge in [-0.2, -0.15) is 0 Å². The molecule has 0 aromatic heterocycles. The van der Waals surface area contributed by atoms with Gasteiger partial charge in [-0.25, -0.2) is 4.99 Å². The number of benzene rings is 2. The SMILES string of the molecule is CCNC(=NCc1cc(OC)c(OC)cc1OC)N1CCN(c2ccccc2O)CC1. The standard InChI is InChI=1S/C23H32N4O4/c1-5-24-23(25-16-17-14-21(30-3)22(31-4)15-20(17)29-2)27-12-10-26(11-13-27)18-8-6-7-9-19(18)28/h6-9,14-15,28H,5,10-13,16H2,1-4H3,(H,24,25). The summed E-state index contributed by atoms with van der Waals surface area (Å²) in [7, 11) is 4.86. The Morgan fingerprint density at radius 2 is 1.61 bits per heavy atom. The topological polar surface area (TPSA) is 78.8 Å². The summed E-state index contributed by atoms with van der Waals surface area (Å²) in [5, 5.41) is 13.5. The van der Waals surface area contributed by atoms with Crippen LogP contribution in [-0.2, 0) is 6.54 Å². The maximum absolute atomic E-state index is 10.1. The highest BCUT2D eigenvalue weighted by atomic mass is 16.5. The van der Waals surface area contributed by atoms with Gasteiger partial charge in [0.1, 0.15) is 11.5 Å². The first-order valence-corrected chi connectivity index (χ1v) is 10.5. The van der Waals surface area contributed by atoms with Crippen molar-refractivity contribution < 1.29 is 19.3 Å². The number of aromatic hydroxyl groups is 1. The van der Waals surface area contributed by atoms with Crippen molar-refractivity contribution in [1.29, 1.82) is 0 Å². The van der Waals surface area contributed by atoms with Crippen LogP contribution in [0, 0.1) is 0 Å². The third-order valence-electron chi connectivity index (χ3n) is 5.32. The highest BCUT2D eigenvalue weighted by Gasteiger charge is 2.21. The number of methoxy groups -OCH3 is 3. The number of piperazine rings is 1. The van der Waals surface area contributed by atoms with E-state index < -0.39 is 0 Å². The predicted octanol–water partition coefficient (Wildman–Crippen LogP) is 2.71. The minimum Gasteiger partial charge on any atom is -0.506 e. The predicted molar refractivity (Wildman–Crippen MR) is 123 cm³/mol. The van der Waals surface area contributed by atoms with Crippen LogP contribution in [0.2, 0.25) is 0 Å². The fourth-order valence-electron chi connectivity index (χ4n) is 3.69. The number of para-hydroxylation sites is 2. The molecule has 1 aliphatic rings. The molecule has 0 unspecified atom stereocenters. The Hall–Kier alpha value is -3.29. The molecule has 2 N–H and O–H groups in total. The number of anilines is 1. The Balaban J connectivity index is 1.73. The summed E-state index contributed by atoms with van der Waals surface area (Å²) in [6.07, 6.45) is 0. The number of nitrogens with zero attached hydrogens (tertiary/aromatic N) is 3. The average molecular weight is 429 g/mol. The molecule has 0 spiro atoms. The number of aliphatic imine (C=N–C) groups is 1. The molecule has 0 aliphatic carbocycles. The van der Waals surface area contributed by atoms with Gasteiger partial charge in [-0.15, -0.1) is 0 Å². The number of hydrogen-bond donors (Lipinski definition) is 2. The number of rotatable bonds is 7. The number of nitrogens with one attached hydrogen (secondary N) is 1. The van der Waals surface area contributed by atoms with Crippen LogP contribution in [-0.4, -0.2) is 70.0 Å². The molecular formula is C23H32N4O4. The fraction of sp³-hybridized carbons (Fsp3) is 0.435. The van der Waals surface area contributed by atoms with Gasteiger partial charge in [-0.1, -0.05) is 12.1 Å². The lowest BCUT2D eigenvalue weighted by Crippen LogP contribution is -2.52. The molecule has 2 aromatic carbocycles. The maximum atomic E-state index is 10.1. The van der Waals surface area contributed by atoms with Gasteiger partial charge in [-0.3, -0.25) is 0 Å². The van der Waals surface area contributed by atoms with E-state index in [9.17, 15) is 5.11 Å². The largest absolute Gasteiger partial charge is 0.506 e. The second-order valence-electron chi connectivity index (χ2n) is 7.15. The molecular weight excluding hydrogens is 396 g/mol. The third kappa shape index (κ3) is 5.25. The normalized spacial score (nSPS) is 14.4. The van der Waals surface area contributed by atoms with Crippen LogP contribution in [0.3, 0.4) is 0 Å². The van der Waals surface area contributed by atoms with E-state index in [1.165, 1.54) is 0 Å². The van der Waals surface area contributed by atoms with Crippen molar-refractivity contribution in [1.82, 2.24) is 10.2 Å². The van der Waals surface area contributed by atoms with Crippen molar-refractivity contribution in [2.75, 3.05) is 59.0 Å². The Labute approximate surface area is 184 Å². The van der Waals surface area contributed by atoms with Crippen molar-refractivity contribution in [3.05, 3.63) is 42.0 Å². The lowest BCUT2D eigenvalue weighted by molar-refractivity contribution is 0.347. The maximum Gasteiger partial charge on any atom is 0.194 e. The fourth-order valence-corrected chi connectivity index (χ4v) is 3.69. The van der Waals surface area contributed by atoms with Crippen molar-refractivity contribution in [2.45, 2.75) is 13.5 Å². The third-order valence-corrected chi connectivity index (χ3v) is 5.32. The molecule has 8 heteroatoms. The van der Waals surface area contributed by atoms with Gasteiger partial charge in [0.2, 0.25) is 0 Å². The van der Waals surface area contributed by atoms with Gasteiger partial charge >= 0.3 is 0 Å². The number of ether oxygens (including phenoxy) is 3. The van der Waals surface area contributed by atoms with Crippen LogP contribution in [0.5, 0.6) is 23.0 Å². The molecule has 31 heavy (non-hydrogen) atoms. The molecule has 1 heterocycles. The molecule has 2 aromatic rings. The van der Waals surface area contributed by atoms with E-state index in [0.717, 1.165) is 49.9 Å². The van der Waals surface area contributed by atoms with Crippen LogP contribution >= 0.6 is 0 Å². The number of guanidine groups is 1. The lowest BCUT2D eigenvalue weighted by Gasteiger charge is -2.37. The van der Waals surface area contributed by atoms with Crippen molar-refractivity contribution >= 4 is 11.6 Å². The van der Waals surface area contributed by atoms with Crippen molar-refractivity contribution in [3.8, 4) is 23.0 Å². The highest BCUT2D eigenvalue weighted by Crippen LogP contribution is 2.35. The molecule has 0 radical (unpaired) electrons. The minimum atomic E-state index is 0.317. The first-order chi connectivity index (χ1) is 15.1. The highest BCUT2D eigenvalue weighted by molar-refractivity contribution is 5.80. The van der Waals surface area contributed by atoms with E-state index >= 15 is 0 Å². The molecule has 1 fully saturated rings. The van der Waals surface area contributed by atoms with Crippen LogP contribution in [0.1, 0.15) is 12.5 Å². The Morgan fingerprint density at radius 1 is 0.968 bits per heavy atom. The first-order valence-electron chi connectivity index (χ1n) is 10.5. The van der Waals surface area contributed by atoms with E-state index in [1.807, 2.05) is 30.3 Å². The molecule has 1 saturated heterocycles. The van der Waals surface area contributed by atoms with Crippen molar-refractivity contribution in [3.63, 3.8) is 0 Å². The summed E-state index contributed by atoms with van der Waals surface area (Å²) in [4.78, 5) is 9.29. The zero-order valence-corrected chi connectivity index (χ0v) is 18.7. The Morgan fingerprint density at radius 3 is 2.23 bits per heavy atom. The van der Waals surface area contributed by atoms with Gasteiger partial charge < -0.3 is 34.4 Å². The van der Waals surface area contributed by atoms with Gasteiger partial charge in [0, 0.05) is 44.4 Å². The zero-order chi connectivity index (χ0) is 22.2. The summed E-state index contributed by atoms with van der Waals surface area (Å²) in [5.74, 6) is 3.16. The summed E-state index contributed by atoms with van der Waals surface area (Å²) in [6, 6.07) is 11.2. The Kier molecular flexibility index (Phi) is 7.70. The first kappa shape index (κ1) is 22.4. The molecule has 1 aliphatic heterocycles. The van der Waals surface area contributed by atoms with Gasteiger partial charge in [-0.05, 0) is 25.1 Å². The van der Waals surface area contributed by atoms with E-state index in [0.29, 0.717) is 29.5 Å². The second-order valence-corrected chi connectivity index (χ2v) is 7.15. The Bertz CT molecular complexity index is 895. The minimum absolute atomic E-state index is 0.317. The quantitative estimate of drug-likeness (QED) is 0.519. The second kappa shape index (κ2) is 10.7. The van der Waals surface area contributed by atoms with Gasteiger partial charge in [0.25, 0.3) is 0 Å². The molecule has 3 rings (SSSR count). The summed E-state index contributed by atoms with van der Waals surface area (Å²) < 4.78 is 16.3. The van der Waals surface area contributed by atoms with Gasteiger partial charge in [0.15, 0.2) is 17.5 Å². The van der Waals surface area contributed by atoms with E-state index in [1.54, 1.807) is 27.4 Å². The van der Waals surface area contributed by atoms with Crippen LogP contribution in [0.15, 0.2) is 41.4 Å². The molecule has 0 amide bonds. The van der Waals surface area contributed by atoms with E-state index in [2.05, 4.69) is 22.0 Å². The number of phenolic OH excluding ortho intramolecular Hbond substituents is 1. The van der Waals surface area contributed by atoms with Crippen LogP contribution in [0.4, 0.5) is 5.69 Å². The number of hydrogen-bond acceptors (Lipinski definition) is 6. The zero-order valence-electron chi connectivity index (χ0n) is 18.7. The van der Waals surface area contributed by atoms with E-state index in [4.69, 9.17) is 19.2 Å². The van der Waals surface area contributed by atoms with Crippen molar-refractivity contribution in [2.24, 2.45) is 4.99 Å². The van der Waals surface area contributed by atoms with Crippen LogP contribution in [0.25, 0.3) is 0 Å². The molecule has 8 nitrogen and oxygen atoms in total. The molecule has 0 saturated carbocycles. The molecule has 0 bridgehead atoms. The average Bonchev–Trinajstić information content (AvgIpc) is 2.81.